The number of aryl methyl sites for hydroxylation is 2. The Hall–Kier alpha value is -1.36. The van der Waals surface area contributed by atoms with Gasteiger partial charge in [-0.05, 0) is 32.6 Å². The van der Waals surface area contributed by atoms with Crippen LogP contribution >= 0.6 is 0 Å². The molecule has 1 heterocycles. The summed E-state index contributed by atoms with van der Waals surface area (Å²) >= 11 is 0. The Morgan fingerprint density at radius 1 is 1.42 bits per heavy atom. The van der Waals surface area contributed by atoms with E-state index in [9.17, 15) is 9.90 Å². The molecule has 0 aliphatic rings. The van der Waals surface area contributed by atoms with E-state index in [1.54, 1.807) is 0 Å². The van der Waals surface area contributed by atoms with Crippen molar-refractivity contribution in [3.05, 3.63) is 17.0 Å². The Morgan fingerprint density at radius 2 is 2.11 bits per heavy atom. The van der Waals surface area contributed by atoms with Gasteiger partial charge in [-0.1, -0.05) is 19.0 Å². The molecule has 19 heavy (non-hydrogen) atoms. The summed E-state index contributed by atoms with van der Waals surface area (Å²) in [5, 5.41) is 16.3. The molecule has 1 aromatic rings. The molecule has 2 N–H and O–H groups in total. The van der Waals surface area contributed by atoms with E-state index >= 15 is 0 Å². The molecule has 0 aromatic carbocycles. The van der Waals surface area contributed by atoms with Crippen molar-refractivity contribution in [2.24, 2.45) is 5.92 Å². The van der Waals surface area contributed by atoms with Crippen LogP contribution in [0.4, 0.5) is 0 Å². The number of rotatable bonds is 7. The van der Waals surface area contributed by atoms with Crippen molar-refractivity contribution in [3.63, 3.8) is 0 Å². The first-order valence-electron chi connectivity index (χ1n) is 6.76. The van der Waals surface area contributed by atoms with E-state index in [0.717, 1.165) is 17.0 Å². The second kappa shape index (κ2) is 7.28. The quantitative estimate of drug-likeness (QED) is 0.790. The van der Waals surface area contributed by atoms with Gasteiger partial charge in [0.1, 0.15) is 5.76 Å². The van der Waals surface area contributed by atoms with Crippen LogP contribution in [-0.2, 0) is 11.2 Å². The largest absolute Gasteiger partial charge is 0.391 e. The summed E-state index contributed by atoms with van der Waals surface area (Å²) in [5.74, 6) is 1.14. The van der Waals surface area contributed by atoms with Crippen LogP contribution in [0.3, 0.4) is 0 Å². The molecule has 0 bridgehead atoms. The molecule has 108 valence electrons. The Labute approximate surface area is 114 Å². The molecular formula is C14H24N2O3. The lowest BCUT2D eigenvalue weighted by Gasteiger charge is -2.13. The van der Waals surface area contributed by atoms with Crippen LogP contribution in [0.5, 0.6) is 0 Å². The van der Waals surface area contributed by atoms with Crippen LogP contribution in [0.15, 0.2) is 4.52 Å². The number of aliphatic hydroxyl groups is 1. The van der Waals surface area contributed by atoms with Gasteiger partial charge in [-0.25, -0.2) is 0 Å². The number of hydrogen-bond acceptors (Lipinski definition) is 4. The molecule has 0 saturated heterocycles. The predicted octanol–water partition coefficient (Wildman–Crippen LogP) is 1.75. The monoisotopic (exact) mass is 268 g/mol. The Bertz CT molecular complexity index is 393. The summed E-state index contributed by atoms with van der Waals surface area (Å²) in [6.45, 7) is 8.12. The number of carbonyl (C=O) groups excluding carboxylic acids is 1. The van der Waals surface area contributed by atoms with Gasteiger partial charge in [0.2, 0.25) is 5.91 Å². The average molecular weight is 268 g/mol. The number of aliphatic hydroxyl groups excluding tert-OH is 1. The normalized spacial score (nSPS) is 12.7. The van der Waals surface area contributed by atoms with Gasteiger partial charge in [0.15, 0.2) is 0 Å². The Kier molecular flexibility index (Phi) is 6.02. The highest BCUT2D eigenvalue weighted by Gasteiger charge is 2.12. The summed E-state index contributed by atoms with van der Waals surface area (Å²) < 4.78 is 5.05. The van der Waals surface area contributed by atoms with Crippen LogP contribution in [0.2, 0.25) is 0 Å². The summed E-state index contributed by atoms with van der Waals surface area (Å²) in [6, 6.07) is 0. The zero-order valence-corrected chi connectivity index (χ0v) is 12.2. The van der Waals surface area contributed by atoms with Gasteiger partial charge in [0.05, 0.1) is 11.8 Å². The van der Waals surface area contributed by atoms with E-state index in [0.29, 0.717) is 31.7 Å². The molecular weight excluding hydrogens is 244 g/mol. The van der Waals surface area contributed by atoms with Crippen molar-refractivity contribution in [1.29, 1.82) is 0 Å². The first-order chi connectivity index (χ1) is 8.90. The maximum atomic E-state index is 11.7. The van der Waals surface area contributed by atoms with Crippen molar-refractivity contribution >= 4 is 5.91 Å². The lowest BCUT2D eigenvalue weighted by molar-refractivity contribution is -0.121. The molecule has 0 fully saturated rings. The molecule has 1 atom stereocenters. The van der Waals surface area contributed by atoms with Crippen molar-refractivity contribution < 1.29 is 14.4 Å². The summed E-state index contributed by atoms with van der Waals surface area (Å²) in [5.41, 5.74) is 1.84. The molecule has 0 saturated carbocycles. The van der Waals surface area contributed by atoms with Crippen molar-refractivity contribution in [2.45, 2.75) is 53.1 Å². The van der Waals surface area contributed by atoms with Crippen LogP contribution in [0, 0.1) is 19.8 Å². The fourth-order valence-corrected chi connectivity index (χ4v) is 2.04. The standard InChI is InChI=1S/C14H24N2O3/c1-9(2)7-12(17)8-15-14(18)6-5-13-10(3)16-19-11(13)4/h9,12,17H,5-8H2,1-4H3,(H,15,18). The lowest BCUT2D eigenvalue weighted by Crippen LogP contribution is -2.32. The highest BCUT2D eigenvalue weighted by Crippen LogP contribution is 2.14. The number of amides is 1. The number of carbonyl (C=O) groups is 1. The fourth-order valence-electron chi connectivity index (χ4n) is 2.04. The third-order valence-corrected chi connectivity index (χ3v) is 3.06. The maximum absolute atomic E-state index is 11.7. The zero-order chi connectivity index (χ0) is 14.4. The molecule has 1 amide bonds. The SMILES string of the molecule is Cc1noc(C)c1CCC(=O)NCC(O)CC(C)C. The van der Waals surface area contributed by atoms with Crippen LogP contribution in [-0.4, -0.2) is 28.8 Å². The summed E-state index contributed by atoms with van der Waals surface area (Å²) in [6.07, 6.45) is 1.23. The molecule has 5 heteroatoms. The number of hydrogen-bond donors (Lipinski definition) is 2. The third-order valence-electron chi connectivity index (χ3n) is 3.06. The van der Waals surface area contributed by atoms with Gasteiger partial charge in [-0.2, -0.15) is 0 Å². The molecule has 0 aliphatic heterocycles. The summed E-state index contributed by atoms with van der Waals surface area (Å²) in [7, 11) is 0. The number of nitrogens with one attached hydrogen (secondary N) is 1. The Morgan fingerprint density at radius 3 is 2.63 bits per heavy atom. The van der Waals surface area contributed by atoms with E-state index in [1.165, 1.54) is 0 Å². The van der Waals surface area contributed by atoms with E-state index < -0.39 is 6.10 Å². The minimum Gasteiger partial charge on any atom is -0.391 e. The van der Waals surface area contributed by atoms with Crippen molar-refractivity contribution in [1.82, 2.24) is 10.5 Å². The molecule has 0 radical (unpaired) electrons. The second-order valence-electron chi connectivity index (χ2n) is 5.39. The maximum Gasteiger partial charge on any atom is 0.220 e. The van der Waals surface area contributed by atoms with Crippen LogP contribution in [0.1, 0.15) is 43.7 Å². The van der Waals surface area contributed by atoms with Crippen molar-refractivity contribution in [2.75, 3.05) is 6.54 Å². The number of aromatic nitrogens is 1. The number of nitrogens with zero attached hydrogens (tertiary/aromatic N) is 1. The summed E-state index contributed by atoms with van der Waals surface area (Å²) in [4.78, 5) is 11.7. The smallest absolute Gasteiger partial charge is 0.220 e. The fraction of sp³-hybridized carbons (Fsp3) is 0.714. The van der Waals surface area contributed by atoms with Gasteiger partial charge in [-0.15, -0.1) is 0 Å². The molecule has 0 aliphatic carbocycles. The van der Waals surface area contributed by atoms with Gasteiger partial charge in [-0.3, -0.25) is 4.79 Å². The predicted molar refractivity (Wildman–Crippen MR) is 72.8 cm³/mol. The minimum atomic E-state index is -0.469. The highest BCUT2D eigenvalue weighted by molar-refractivity contribution is 5.76. The van der Waals surface area contributed by atoms with Gasteiger partial charge in [0, 0.05) is 18.5 Å². The van der Waals surface area contributed by atoms with Crippen molar-refractivity contribution in [3.8, 4) is 0 Å². The van der Waals surface area contributed by atoms with E-state index in [1.807, 2.05) is 27.7 Å². The van der Waals surface area contributed by atoms with Gasteiger partial charge < -0.3 is 14.9 Å². The van der Waals surface area contributed by atoms with E-state index in [2.05, 4.69) is 10.5 Å². The molecule has 5 nitrogen and oxygen atoms in total. The molecule has 0 spiro atoms. The first kappa shape index (κ1) is 15.7. The van der Waals surface area contributed by atoms with Gasteiger partial charge in [0.25, 0.3) is 0 Å². The van der Waals surface area contributed by atoms with Gasteiger partial charge >= 0.3 is 0 Å². The van der Waals surface area contributed by atoms with E-state index in [4.69, 9.17) is 4.52 Å². The minimum absolute atomic E-state index is 0.0530. The lowest BCUT2D eigenvalue weighted by atomic mass is 10.1. The molecule has 1 aromatic heterocycles. The zero-order valence-electron chi connectivity index (χ0n) is 12.2. The second-order valence-corrected chi connectivity index (χ2v) is 5.39. The third kappa shape index (κ3) is 5.42. The molecule has 1 rings (SSSR count). The van der Waals surface area contributed by atoms with Crippen LogP contribution in [0.25, 0.3) is 0 Å². The molecule has 1 unspecified atom stereocenters. The highest BCUT2D eigenvalue weighted by atomic mass is 16.5. The Balaban J connectivity index is 2.29. The van der Waals surface area contributed by atoms with E-state index in [-0.39, 0.29) is 5.91 Å². The van der Waals surface area contributed by atoms with Crippen LogP contribution < -0.4 is 5.32 Å². The topological polar surface area (TPSA) is 75.4 Å². The first-order valence-corrected chi connectivity index (χ1v) is 6.76. The average Bonchev–Trinajstić information content (AvgIpc) is 2.63.